The number of aromatic nitrogens is 2. The van der Waals surface area contributed by atoms with Crippen molar-refractivity contribution in [2.75, 3.05) is 20.8 Å². The van der Waals surface area contributed by atoms with Gasteiger partial charge in [0.1, 0.15) is 11.5 Å². The molecule has 3 aromatic carbocycles. The quantitative estimate of drug-likeness (QED) is 0.250. The number of nitrogens with zero attached hydrogens (tertiary/aromatic N) is 2. The number of carbonyl (C=O) groups is 1. The van der Waals surface area contributed by atoms with Crippen molar-refractivity contribution in [3.05, 3.63) is 78.4 Å². The number of carbonyl (C=O) groups excluding carboxylic acids is 1. The summed E-state index contributed by atoms with van der Waals surface area (Å²) in [6.07, 6.45) is -0.749. The fourth-order valence-corrected chi connectivity index (χ4v) is 4.78. The molecule has 2 aromatic heterocycles. The van der Waals surface area contributed by atoms with Crippen molar-refractivity contribution in [2.45, 2.75) is 13.5 Å². The van der Waals surface area contributed by atoms with Gasteiger partial charge in [-0.1, -0.05) is 48.5 Å². The van der Waals surface area contributed by atoms with Gasteiger partial charge in [0.2, 0.25) is 5.88 Å². The van der Waals surface area contributed by atoms with Crippen LogP contribution in [-0.4, -0.2) is 36.1 Å². The molecule has 7 nitrogen and oxygen atoms in total. The number of benzene rings is 3. The maximum absolute atomic E-state index is 12.7. The van der Waals surface area contributed by atoms with E-state index in [2.05, 4.69) is 16.7 Å². The van der Waals surface area contributed by atoms with Crippen molar-refractivity contribution in [2.24, 2.45) is 7.05 Å². The second kappa shape index (κ2) is 9.70. The second-order valence-electron chi connectivity index (χ2n) is 8.37. The highest BCUT2D eigenvalue weighted by molar-refractivity contribution is 6.13. The average molecular weight is 485 g/mol. The lowest BCUT2D eigenvalue weighted by atomic mass is 10.1. The van der Waals surface area contributed by atoms with E-state index in [4.69, 9.17) is 18.9 Å². The van der Waals surface area contributed by atoms with E-state index in [0.29, 0.717) is 12.4 Å². The van der Waals surface area contributed by atoms with Gasteiger partial charge in [0.15, 0.2) is 0 Å². The van der Waals surface area contributed by atoms with Gasteiger partial charge in [0, 0.05) is 18.0 Å². The fourth-order valence-electron chi connectivity index (χ4n) is 4.78. The van der Waals surface area contributed by atoms with E-state index >= 15 is 0 Å². The molecule has 0 N–H and O–H groups in total. The van der Waals surface area contributed by atoms with Crippen LogP contribution < -0.4 is 14.2 Å². The summed E-state index contributed by atoms with van der Waals surface area (Å²) < 4.78 is 26.3. The smallest absolute Gasteiger partial charge is 0.497 e. The topological polar surface area (TPSA) is 63.9 Å². The molecule has 0 saturated heterocycles. The van der Waals surface area contributed by atoms with Gasteiger partial charge in [-0.15, -0.1) is 0 Å². The van der Waals surface area contributed by atoms with Crippen LogP contribution in [-0.2, 0) is 18.3 Å². The lowest BCUT2D eigenvalue weighted by Gasteiger charge is -2.15. The predicted molar refractivity (Wildman–Crippen MR) is 140 cm³/mol. The highest BCUT2D eigenvalue weighted by atomic mass is 16.7. The Morgan fingerprint density at radius 1 is 0.861 bits per heavy atom. The summed E-state index contributed by atoms with van der Waals surface area (Å²) in [6, 6.07) is 23.8. The molecule has 5 aromatic rings. The Kier molecular flexibility index (Phi) is 6.29. The molecule has 0 amide bonds. The van der Waals surface area contributed by atoms with Crippen molar-refractivity contribution in [3.8, 4) is 28.5 Å². The molecule has 0 bridgehead atoms. The van der Waals surface area contributed by atoms with Gasteiger partial charge in [0.25, 0.3) is 0 Å². The summed E-state index contributed by atoms with van der Waals surface area (Å²) >= 11 is 0. The Balaban J connectivity index is 1.86. The first-order valence-corrected chi connectivity index (χ1v) is 11.8. The van der Waals surface area contributed by atoms with Crippen LogP contribution in [0.15, 0.2) is 72.8 Å². The number of fused-ring (bicyclic) bond motifs is 3. The van der Waals surface area contributed by atoms with Crippen molar-refractivity contribution < 1.29 is 23.7 Å². The van der Waals surface area contributed by atoms with E-state index in [1.54, 1.807) is 21.1 Å². The minimum Gasteiger partial charge on any atom is -0.497 e. The van der Waals surface area contributed by atoms with E-state index in [0.717, 1.165) is 50.1 Å². The Bertz CT molecular complexity index is 1550. The van der Waals surface area contributed by atoms with E-state index in [-0.39, 0.29) is 6.61 Å². The van der Waals surface area contributed by atoms with Gasteiger partial charge >= 0.3 is 6.16 Å². The monoisotopic (exact) mass is 484 g/mol. The molecule has 0 fully saturated rings. The molecule has 0 saturated carbocycles. The van der Waals surface area contributed by atoms with Crippen LogP contribution in [0.5, 0.6) is 17.4 Å². The molecule has 5 rings (SSSR count). The third-order valence-corrected chi connectivity index (χ3v) is 6.39. The van der Waals surface area contributed by atoms with E-state index < -0.39 is 6.16 Å². The molecule has 0 spiro atoms. The van der Waals surface area contributed by atoms with Gasteiger partial charge in [-0.05, 0) is 36.8 Å². The molecular weight excluding hydrogens is 456 g/mol. The van der Waals surface area contributed by atoms with Crippen LogP contribution in [0.25, 0.3) is 33.1 Å². The van der Waals surface area contributed by atoms with Gasteiger partial charge in [-0.25, -0.2) is 4.79 Å². The molecule has 0 unspecified atom stereocenters. The molecule has 0 aliphatic carbocycles. The molecule has 7 heteroatoms. The average Bonchev–Trinajstić information content (AvgIpc) is 3.37. The van der Waals surface area contributed by atoms with Crippen molar-refractivity contribution in [3.63, 3.8) is 0 Å². The molecule has 0 radical (unpaired) electrons. The Labute approximate surface area is 209 Å². The van der Waals surface area contributed by atoms with Crippen LogP contribution >= 0.6 is 0 Å². The Morgan fingerprint density at radius 3 is 2.31 bits per heavy atom. The highest BCUT2D eigenvalue weighted by Gasteiger charge is 2.28. The minimum atomic E-state index is -0.749. The first kappa shape index (κ1) is 23.4. The Hall–Kier alpha value is -4.39. The van der Waals surface area contributed by atoms with Crippen LogP contribution in [0, 0.1) is 0 Å². The third-order valence-electron chi connectivity index (χ3n) is 6.39. The summed E-state index contributed by atoms with van der Waals surface area (Å²) in [4.78, 5) is 12.7. The number of para-hydroxylation sites is 2. The van der Waals surface area contributed by atoms with Crippen LogP contribution in [0.2, 0.25) is 0 Å². The Morgan fingerprint density at radius 2 is 1.58 bits per heavy atom. The SMILES string of the molecule is CCOC(=O)Oc1c(-c2ccc(OC)cc2)c2c(c3ccccc3n2C)n1Cc1ccccc1OC. The number of rotatable bonds is 7. The molecule has 0 atom stereocenters. The maximum atomic E-state index is 12.7. The normalized spacial score (nSPS) is 11.1. The first-order valence-electron chi connectivity index (χ1n) is 11.8. The minimum absolute atomic E-state index is 0.215. The lowest BCUT2D eigenvalue weighted by molar-refractivity contribution is 0.101. The molecule has 0 aliphatic rings. The summed E-state index contributed by atoms with van der Waals surface area (Å²) in [5, 5.41) is 1.05. The highest BCUT2D eigenvalue weighted by Crippen LogP contribution is 2.45. The van der Waals surface area contributed by atoms with Crippen LogP contribution in [0.1, 0.15) is 12.5 Å². The number of aryl methyl sites for hydroxylation is 1. The standard InChI is InChI=1S/C29H28N2O5/c1-5-35-29(32)36-28-25(19-14-16-21(33-3)17-15-19)27-26(22-11-7-8-12-23(22)30(27)2)31(28)18-20-10-6-9-13-24(20)34-4/h6-17H,5,18H2,1-4H3. The molecular formula is C29H28N2O5. The number of ether oxygens (including phenoxy) is 4. The van der Waals surface area contributed by atoms with E-state index in [1.807, 2.05) is 72.3 Å². The van der Waals surface area contributed by atoms with Gasteiger partial charge in [-0.3, -0.25) is 0 Å². The van der Waals surface area contributed by atoms with Crippen molar-refractivity contribution in [1.82, 2.24) is 9.13 Å². The second-order valence-corrected chi connectivity index (χ2v) is 8.37. The van der Waals surface area contributed by atoms with E-state index in [9.17, 15) is 4.79 Å². The predicted octanol–water partition coefficient (Wildman–Crippen LogP) is 6.40. The third kappa shape index (κ3) is 3.92. The summed E-state index contributed by atoms with van der Waals surface area (Å²) in [6.45, 7) is 2.40. The summed E-state index contributed by atoms with van der Waals surface area (Å²) in [5.41, 5.74) is 5.65. The zero-order chi connectivity index (χ0) is 25.2. The number of methoxy groups -OCH3 is 2. The fraction of sp³-hybridized carbons (Fsp3) is 0.207. The van der Waals surface area contributed by atoms with Crippen molar-refractivity contribution in [1.29, 1.82) is 0 Å². The van der Waals surface area contributed by atoms with Crippen molar-refractivity contribution >= 4 is 28.1 Å². The zero-order valence-electron chi connectivity index (χ0n) is 20.8. The van der Waals surface area contributed by atoms with E-state index in [1.165, 1.54) is 0 Å². The summed E-state index contributed by atoms with van der Waals surface area (Å²) in [5.74, 6) is 1.91. The number of hydrogen-bond donors (Lipinski definition) is 0. The lowest BCUT2D eigenvalue weighted by Crippen LogP contribution is -2.14. The van der Waals surface area contributed by atoms with Crippen LogP contribution in [0.4, 0.5) is 4.79 Å². The molecule has 2 heterocycles. The number of hydrogen-bond acceptors (Lipinski definition) is 5. The van der Waals surface area contributed by atoms with Gasteiger partial charge < -0.3 is 28.1 Å². The largest absolute Gasteiger partial charge is 0.515 e. The molecule has 184 valence electrons. The van der Waals surface area contributed by atoms with Gasteiger partial charge in [0.05, 0.1) is 49.5 Å². The van der Waals surface area contributed by atoms with Crippen LogP contribution in [0.3, 0.4) is 0 Å². The maximum Gasteiger partial charge on any atom is 0.515 e. The molecule has 36 heavy (non-hydrogen) atoms. The summed E-state index contributed by atoms with van der Waals surface area (Å²) in [7, 11) is 5.32. The first-order chi connectivity index (χ1) is 17.6. The molecule has 0 aliphatic heterocycles. The zero-order valence-corrected chi connectivity index (χ0v) is 20.8. The van der Waals surface area contributed by atoms with Gasteiger partial charge in [-0.2, -0.15) is 0 Å².